The van der Waals surface area contributed by atoms with Crippen LogP contribution in [-0.4, -0.2) is 42.5 Å². The molecular weight excluding hydrogens is 516 g/mol. The number of nitrogens with one attached hydrogen (secondary N) is 1. The number of carbonyl (C=O) groups excluding carboxylic acids is 1. The molecular formula is C32H40N6O3. The third kappa shape index (κ3) is 5.85. The molecule has 0 fully saturated rings. The number of pyridine rings is 2. The van der Waals surface area contributed by atoms with Gasteiger partial charge in [0.2, 0.25) is 0 Å². The van der Waals surface area contributed by atoms with Gasteiger partial charge in [0.1, 0.15) is 11.4 Å². The first-order chi connectivity index (χ1) is 19.2. The summed E-state index contributed by atoms with van der Waals surface area (Å²) in [5, 5.41) is 3.97. The number of amides is 1. The van der Waals surface area contributed by atoms with Crippen molar-refractivity contribution in [3.63, 3.8) is 0 Å². The van der Waals surface area contributed by atoms with Crippen molar-refractivity contribution in [1.82, 2.24) is 24.2 Å². The molecule has 0 saturated heterocycles. The molecule has 1 aromatic carbocycles. The Morgan fingerprint density at radius 3 is 2.44 bits per heavy atom. The average molecular weight is 557 g/mol. The number of rotatable bonds is 4. The van der Waals surface area contributed by atoms with E-state index in [0.29, 0.717) is 24.3 Å². The van der Waals surface area contributed by atoms with Crippen LogP contribution in [0.3, 0.4) is 0 Å². The number of nitrogens with zero attached hydrogens (tertiary/aromatic N) is 5. The Balaban J connectivity index is 1.50. The lowest BCUT2D eigenvalue weighted by molar-refractivity contribution is 0.0224. The van der Waals surface area contributed by atoms with E-state index in [1.54, 1.807) is 22.0 Å². The zero-order valence-corrected chi connectivity index (χ0v) is 25.3. The topological polar surface area (TPSA) is 94.3 Å². The van der Waals surface area contributed by atoms with Crippen molar-refractivity contribution in [2.45, 2.75) is 85.4 Å². The summed E-state index contributed by atoms with van der Waals surface area (Å²) in [6.07, 6.45) is 3.91. The zero-order valence-electron chi connectivity index (χ0n) is 25.3. The van der Waals surface area contributed by atoms with E-state index in [4.69, 9.17) is 4.74 Å². The summed E-state index contributed by atoms with van der Waals surface area (Å²) in [7, 11) is 0. The Morgan fingerprint density at radius 1 is 1.00 bits per heavy atom. The van der Waals surface area contributed by atoms with Gasteiger partial charge in [-0.05, 0) is 76.4 Å². The van der Waals surface area contributed by atoms with Crippen molar-refractivity contribution in [2.75, 3.05) is 11.9 Å². The maximum Gasteiger partial charge on any atom is 0.410 e. The number of hydrogen-bond donors (Lipinski definition) is 1. The largest absolute Gasteiger partial charge is 0.444 e. The second-order valence-corrected chi connectivity index (χ2v) is 13.1. The van der Waals surface area contributed by atoms with Gasteiger partial charge in [-0.3, -0.25) is 9.78 Å². The van der Waals surface area contributed by atoms with Crippen LogP contribution in [0.2, 0.25) is 0 Å². The minimum absolute atomic E-state index is 0.0638. The van der Waals surface area contributed by atoms with Gasteiger partial charge >= 0.3 is 6.09 Å². The molecule has 216 valence electrons. The van der Waals surface area contributed by atoms with E-state index in [1.165, 1.54) is 5.56 Å². The van der Waals surface area contributed by atoms with Crippen molar-refractivity contribution in [2.24, 2.45) is 0 Å². The molecule has 0 spiro atoms. The average Bonchev–Trinajstić information content (AvgIpc) is 3.18. The molecule has 4 heterocycles. The van der Waals surface area contributed by atoms with Crippen molar-refractivity contribution >= 4 is 28.5 Å². The second-order valence-electron chi connectivity index (χ2n) is 13.1. The quantitative estimate of drug-likeness (QED) is 0.308. The summed E-state index contributed by atoms with van der Waals surface area (Å²) in [5.41, 5.74) is 4.97. The summed E-state index contributed by atoms with van der Waals surface area (Å²) in [4.78, 5) is 37.1. The van der Waals surface area contributed by atoms with Gasteiger partial charge in [0.05, 0.1) is 16.6 Å². The smallest absolute Gasteiger partial charge is 0.410 e. The Bertz CT molecular complexity index is 1670. The fourth-order valence-corrected chi connectivity index (χ4v) is 5.14. The summed E-state index contributed by atoms with van der Waals surface area (Å²) in [5.74, 6) is 0.622. The fraction of sp³-hybridized carbons (Fsp3) is 0.438. The maximum atomic E-state index is 13.5. The van der Waals surface area contributed by atoms with Gasteiger partial charge < -0.3 is 15.0 Å². The number of carbonyl (C=O) groups is 1. The van der Waals surface area contributed by atoms with Crippen LogP contribution in [0.5, 0.6) is 0 Å². The van der Waals surface area contributed by atoms with E-state index in [0.717, 1.165) is 34.6 Å². The van der Waals surface area contributed by atoms with Crippen LogP contribution in [0, 0.1) is 0 Å². The van der Waals surface area contributed by atoms with Crippen LogP contribution in [0.1, 0.15) is 78.3 Å². The van der Waals surface area contributed by atoms with Gasteiger partial charge in [-0.15, -0.1) is 0 Å². The van der Waals surface area contributed by atoms with E-state index in [-0.39, 0.29) is 23.1 Å². The van der Waals surface area contributed by atoms with Crippen LogP contribution in [0.15, 0.2) is 53.6 Å². The predicted molar refractivity (Wildman–Crippen MR) is 162 cm³/mol. The SMILES string of the molecule is CC(C)n1c(=O)c2cnc(Nc3ccc4c(c3)CN(C(=O)OC(C)(C)C)CC4)cc2n1-c1ccnc(C(C)(C)C)c1. The molecule has 4 aromatic rings. The lowest BCUT2D eigenvalue weighted by Gasteiger charge is -2.31. The first kappa shape index (κ1) is 28.4. The second kappa shape index (κ2) is 10.4. The molecule has 0 unspecified atom stereocenters. The molecule has 0 atom stereocenters. The number of fused-ring (bicyclic) bond motifs is 2. The van der Waals surface area contributed by atoms with Crippen molar-refractivity contribution in [3.8, 4) is 5.69 Å². The summed E-state index contributed by atoms with van der Waals surface area (Å²) in [6.45, 7) is 17.1. The third-order valence-corrected chi connectivity index (χ3v) is 7.15. The van der Waals surface area contributed by atoms with Crippen molar-refractivity contribution < 1.29 is 9.53 Å². The van der Waals surface area contributed by atoms with E-state index < -0.39 is 5.60 Å². The molecule has 0 bridgehead atoms. The highest BCUT2D eigenvalue weighted by Gasteiger charge is 2.26. The molecule has 1 aliphatic heterocycles. The van der Waals surface area contributed by atoms with Crippen LogP contribution in [0.4, 0.5) is 16.3 Å². The highest BCUT2D eigenvalue weighted by Crippen LogP contribution is 2.28. The Morgan fingerprint density at radius 2 is 1.76 bits per heavy atom. The monoisotopic (exact) mass is 556 g/mol. The van der Waals surface area contributed by atoms with Gasteiger partial charge in [0, 0.05) is 54.4 Å². The third-order valence-electron chi connectivity index (χ3n) is 7.15. The number of benzene rings is 1. The molecule has 0 radical (unpaired) electrons. The molecule has 9 heteroatoms. The lowest BCUT2D eigenvalue weighted by Crippen LogP contribution is -2.39. The summed E-state index contributed by atoms with van der Waals surface area (Å²) in [6, 6.07) is 12.0. The highest BCUT2D eigenvalue weighted by atomic mass is 16.6. The molecule has 41 heavy (non-hydrogen) atoms. The molecule has 5 rings (SSSR count). The normalized spacial score (nSPS) is 13.9. The molecule has 3 aromatic heterocycles. The molecule has 9 nitrogen and oxygen atoms in total. The lowest BCUT2D eigenvalue weighted by atomic mass is 9.91. The first-order valence-electron chi connectivity index (χ1n) is 14.2. The maximum absolute atomic E-state index is 13.5. The number of hydrogen-bond acceptors (Lipinski definition) is 6. The zero-order chi connectivity index (χ0) is 29.7. The van der Waals surface area contributed by atoms with Gasteiger partial charge in [-0.25, -0.2) is 19.1 Å². The van der Waals surface area contributed by atoms with Gasteiger partial charge in [-0.2, -0.15) is 0 Å². The van der Waals surface area contributed by atoms with Crippen LogP contribution in [-0.2, 0) is 23.1 Å². The van der Waals surface area contributed by atoms with Gasteiger partial charge in [-0.1, -0.05) is 26.8 Å². The van der Waals surface area contributed by atoms with E-state index in [2.05, 4.69) is 48.2 Å². The number of anilines is 2. The Kier molecular flexibility index (Phi) is 7.17. The summed E-state index contributed by atoms with van der Waals surface area (Å²) < 4.78 is 9.32. The van der Waals surface area contributed by atoms with Crippen LogP contribution >= 0.6 is 0 Å². The predicted octanol–water partition coefficient (Wildman–Crippen LogP) is 6.50. The van der Waals surface area contributed by atoms with Crippen molar-refractivity contribution in [1.29, 1.82) is 0 Å². The first-order valence-corrected chi connectivity index (χ1v) is 14.2. The number of aromatic nitrogens is 4. The number of ether oxygens (including phenoxy) is 1. The van der Waals surface area contributed by atoms with Crippen molar-refractivity contribution in [3.05, 3.63) is 76.0 Å². The molecule has 1 N–H and O–H groups in total. The van der Waals surface area contributed by atoms with Crippen LogP contribution in [0.25, 0.3) is 16.6 Å². The van der Waals surface area contributed by atoms with E-state index in [9.17, 15) is 9.59 Å². The molecule has 1 aliphatic rings. The molecule has 0 aliphatic carbocycles. The minimum Gasteiger partial charge on any atom is -0.444 e. The Hall–Kier alpha value is -4.14. The Labute approximate surface area is 241 Å². The van der Waals surface area contributed by atoms with E-state index >= 15 is 0 Å². The van der Waals surface area contributed by atoms with E-state index in [1.807, 2.05) is 63.6 Å². The molecule has 0 saturated carbocycles. The minimum atomic E-state index is -0.537. The fourth-order valence-electron chi connectivity index (χ4n) is 5.14. The van der Waals surface area contributed by atoms with Crippen LogP contribution < -0.4 is 10.9 Å². The highest BCUT2D eigenvalue weighted by molar-refractivity contribution is 5.83. The molecule has 1 amide bonds. The summed E-state index contributed by atoms with van der Waals surface area (Å²) >= 11 is 0. The van der Waals surface area contributed by atoms with Gasteiger partial charge in [0.15, 0.2) is 0 Å². The standard InChI is InChI=1S/C32H40N6O3/c1-20(2)37-29(39)25-18-34-28(17-26(25)38(37)24-11-13-33-27(16-24)31(3,4)5)35-23-10-9-21-12-14-36(19-22(21)15-23)30(40)41-32(6,7)8/h9-11,13,15-18,20H,12,14,19H2,1-8H3,(H,34,35). The van der Waals surface area contributed by atoms with Gasteiger partial charge in [0.25, 0.3) is 5.56 Å².